The summed E-state index contributed by atoms with van der Waals surface area (Å²) >= 11 is 0. The van der Waals surface area contributed by atoms with E-state index in [1.165, 1.54) is 6.08 Å². The van der Waals surface area contributed by atoms with Gasteiger partial charge in [-0.15, -0.1) is 0 Å². The highest BCUT2D eigenvalue weighted by Crippen LogP contribution is 2.36. The highest BCUT2D eigenvalue weighted by atomic mass is 28.4. The highest BCUT2D eigenvalue weighted by molar-refractivity contribution is 6.74. The Morgan fingerprint density at radius 1 is 1.50 bits per heavy atom. The van der Waals surface area contributed by atoms with E-state index in [4.69, 9.17) is 9.16 Å². The lowest BCUT2D eigenvalue weighted by Gasteiger charge is -2.37. The second-order valence-electron chi connectivity index (χ2n) is 5.77. The van der Waals surface area contributed by atoms with E-state index in [0.29, 0.717) is 6.61 Å². The van der Waals surface area contributed by atoms with Crippen LogP contribution in [0.2, 0.25) is 18.1 Å². The van der Waals surface area contributed by atoms with E-state index >= 15 is 0 Å². The minimum absolute atomic E-state index is 0.105. The Kier molecular flexibility index (Phi) is 3.96. The van der Waals surface area contributed by atoms with Gasteiger partial charge >= 0.3 is 5.97 Å². The van der Waals surface area contributed by atoms with Crippen molar-refractivity contribution in [3.8, 4) is 0 Å². The van der Waals surface area contributed by atoms with Crippen molar-refractivity contribution < 1.29 is 14.0 Å². The largest absolute Gasteiger partial charge is 0.456 e. The summed E-state index contributed by atoms with van der Waals surface area (Å²) in [6, 6.07) is 0. The molecule has 0 aromatic heterocycles. The van der Waals surface area contributed by atoms with Gasteiger partial charge in [0.15, 0.2) is 8.32 Å². The van der Waals surface area contributed by atoms with Gasteiger partial charge in [-0.25, -0.2) is 4.79 Å². The smallest absolute Gasteiger partial charge is 0.330 e. The maximum atomic E-state index is 11.0. The second kappa shape index (κ2) is 4.71. The normalized spacial score (nSPS) is 22.1. The molecule has 92 valence electrons. The predicted octanol–water partition coefficient (Wildman–Crippen LogP) is 2.88. The van der Waals surface area contributed by atoms with Gasteiger partial charge in [-0.05, 0) is 18.1 Å². The molecule has 1 aliphatic heterocycles. The first-order chi connectivity index (χ1) is 7.22. The summed E-state index contributed by atoms with van der Waals surface area (Å²) in [7, 11) is -1.73. The standard InChI is InChI=1S/C12H22O3Si/c1-12(2,3)16(4,5)14-9-10-7-6-8-11(13)15-10/h6,8,10H,7,9H2,1-5H3/t10-/m1/s1. The number of esters is 1. The van der Waals surface area contributed by atoms with E-state index in [1.54, 1.807) is 0 Å². The maximum Gasteiger partial charge on any atom is 0.330 e. The molecule has 4 heteroatoms. The SMILES string of the molecule is CC(C)(C)[Si](C)(C)OC[C@H]1CC=CC(=O)O1. The molecule has 0 amide bonds. The third kappa shape index (κ3) is 3.45. The predicted molar refractivity (Wildman–Crippen MR) is 66.8 cm³/mol. The van der Waals surface area contributed by atoms with Crippen LogP contribution in [0.1, 0.15) is 27.2 Å². The fraction of sp³-hybridized carbons (Fsp3) is 0.750. The molecule has 0 spiro atoms. The van der Waals surface area contributed by atoms with Crippen LogP contribution in [0.25, 0.3) is 0 Å². The van der Waals surface area contributed by atoms with E-state index in [-0.39, 0.29) is 17.1 Å². The number of cyclic esters (lactones) is 1. The van der Waals surface area contributed by atoms with E-state index < -0.39 is 8.32 Å². The molecule has 1 heterocycles. The Morgan fingerprint density at radius 3 is 2.62 bits per heavy atom. The minimum atomic E-state index is -1.73. The maximum absolute atomic E-state index is 11.0. The monoisotopic (exact) mass is 242 g/mol. The van der Waals surface area contributed by atoms with Gasteiger partial charge in [0.05, 0.1) is 6.61 Å². The first-order valence-corrected chi connectivity index (χ1v) is 8.64. The number of carbonyl (C=O) groups is 1. The Morgan fingerprint density at radius 2 is 2.12 bits per heavy atom. The molecule has 0 aromatic carbocycles. The van der Waals surface area contributed by atoms with E-state index in [2.05, 4.69) is 33.9 Å². The fourth-order valence-electron chi connectivity index (χ4n) is 1.19. The lowest BCUT2D eigenvalue weighted by atomic mass is 10.2. The molecule has 3 nitrogen and oxygen atoms in total. The van der Waals surface area contributed by atoms with Crippen LogP contribution >= 0.6 is 0 Å². The van der Waals surface area contributed by atoms with Crippen LogP contribution in [0.3, 0.4) is 0 Å². The van der Waals surface area contributed by atoms with Gasteiger partial charge < -0.3 is 9.16 Å². The summed E-state index contributed by atoms with van der Waals surface area (Å²) in [5.74, 6) is -0.255. The average Bonchev–Trinajstić information content (AvgIpc) is 2.13. The summed E-state index contributed by atoms with van der Waals surface area (Å²) in [6.45, 7) is 11.5. The summed E-state index contributed by atoms with van der Waals surface area (Å²) in [4.78, 5) is 11.0. The molecular formula is C12H22O3Si. The Balaban J connectivity index is 2.46. The van der Waals surface area contributed by atoms with Crippen LogP contribution in [0.4, 0.5) is 0 Å². The van der Waals surface area contributed by atoms with Gasteiger partial charge in [-0.1, -0.05) is 26.8 Å². The summed E-state index contributed by atoms with van der Waals surface area (Å²) in [5.41, 5.74) is 0. The third-order valence-corrected chi connectivity index (χ3v) is 7.87. The lowest BCUT2D eigenvalue weighted by Crippen LogP contribution is -2.43. The van der Waals surface area contributed by atoms with Gasteiger partial charge in [0.2, 0.25) is 0 Å². The van der Waals surface area contributed by atoms with Gasteiger partial charge in [0.1, 0.15) is 6.10 Å². The van der Waals surface area contributed by atoms with Crippen LogP contribution in [0.15, 0.2) is 12.2 Å². The molecule has 0 radical (unpaired) electrons. The average molecular weight is 242 g/mol. The van der Waals surface area contributed by atoms with Crippen LogP contribution in [0.5, 0.6) is 0 Å². The van der Waals surface area contributed by atoms with E-state index in [0.717, 1.165) is 6.42 Å². The topological polar surface area (TPSA) is 35.5 Å². The number of hydrogen-bond acceptors (Lipinski definition) is 3. The zero-order valence-corrected chi connectivity index (χ0v) is 11.9. The number of carbonyl (C=O) groups excluding carboxylic acids is 1. The minimum Gasteiger partial charge on any atom is -0.456 e. The van der Waals surface area contributed by atoms with Gasteiger partial charge in [0, 0.05) is 12.5 Å². The molecule has 16 heavy (non-hydrogen) atoms. The first-order valence-electron chi connectivity index (χ1n) is 5.73. The molecule has 0 aromatic rings. The van der Waals surface area contributed by atoms with Crippen LogP contribution in [-0.2, 0) is 14.0 Å². The number of rotatable bonds is 3. The van der Waals surface area contributed by atoms with Crippen LogP contribution in [-0.4, -0.2) is 27.0 Å². The summed E-state index contributed by atoms with van der Waals surface area (Å²) in [5, 5.41) is 0.196. The van der Waals surface area contributed by atoms with Crippen molar-refractivity contribution in [1.29, 1.82) is 0 Å². The van der Waals surface area contributed by atoms with Crippen molar-refractivity contribution in [2.24, 2.45) is 0 Å². The van der Waals surface area contributed by atoms with Crippen LogP contribution in [0, 0.1) is 0 Å². The molecule has 1 atom stereocenters. The Bertz CT molecular complexity index is 289. The van der Waals surface area contributed by atoms with Crippen molar-refractivity contribution in [3.63, 3.8) is 0 Å². The molecule has 0 unspecified atom stereocenters. The van der Waals surface area contributed by atoms with Gasteiger partial charge in [0.25, 0.3) is 0 Å². The van der Waals surface area contributed by atoms with Crippen LogP contribution < -0.4 is 0 Å². The summed E-state index contributed by atoms with van der Waals surface area (Å²) in [6.07, 6.45) is 3.99. The molecule has 0 N–H and O–H groups in total. The Hall–Kier alpha value is -0.613. The first kappa shape index (κ1) is 13.5. The van der Waals surface area contributed by atoms with Gasteiger partial charge in [-0.3, -0.25) is 0 Å². The molecule has 0 saturated carbocycles. The highest BCUT2D eigenvalue weighted by Gasteiger charge is 2.37. The molecular weight excluding hydrogens is 220 g/mol. The van der Waals surface area contributed by atoms with Crippen molar-refractivity contribution in [3.05, 3.63) is 12.2 Å². The molecule has 0 saturated heterocycles. The van der Waals surface area contributed by atoms with Gasteiger partial charge in [-0.2, -0.15) is 0 Å². The second-order valence-corrected chi connectivity index (χ2v) is 10.6. The van der Waals surface area contributed by atoms with Crippen molar-refractivity contribution in [2.75, 3.05) is 6.61 Å². The number of ether oxygens (including phenoxy) is 1. The van der Waals surface area contributed by atoms with Crippen molar-refractivity contribution in [1.82, 2.24) is 0 Å². The third-order valence-electron chi connectivity index (χ3n) is 3.37. The van der Waals surface area contributed by atoms with Crippen molar-refractivity contribution in [2.45, 2.75) is 51.4 Å². The zero-order valence-electron chi connectivity index (χ0n) is 10.9. The van der Waals surface area contributed by atoms with Crippen molar-refractivity contribution >= 4 is 14.3 Å². The molecule has 1 rings (SSSR count). The van der Waals surface area contributed by atoms with E-state index in [9.17, 15) is 4.79 Å². The quantitative estimate of drug-likeness (QED) is 0.564. The number of hydrogen-bond donors (Lipinski definition) is 0. The molecule has 1 aliphatic rings. The molecule has 0 aliphatic carbocycles. The zero-order chi connectivity index (χ0) is 12.4. The molecule has 0 fully saturated rings. The molecule has 0 bridgehead atoms. The fourth-order valence-corrected chi connectivity index (χ4v) is 2.22. The Labute approximate surface area is 99.0 Å². The summed E-state index contributed by atoms with van der Waals surface area (Å²) < 4.78 is 11.2. The van der Waals surface area contributed by atoms with E-state index in [1.807, 2.05) is 6.08 Å². The lowest BCUT2D eigenvalue weighted by molar-refractivity contribution is -0.145.